The number of hydrogen-bond donors (Lipinski definition) is 1. The quantitative estimate of drug-likeness (QED) is 0.573. The first-order chi connectivity index (χ1) is 7.72. The van der Waals surface area contributed by atoms with Crippen LogP contribution in [0, 0.1) is 12.8 Å². The molecule has 0 radical (unpaired) electrons. The first-order valence-corrected chi connectivity index (χ1v) is 7.11. The Hall–Kier alpha value is -0.470. The molecule has 16 heavy (non-hydrogen) atoms. The normalized spacial score (nSPS) is 12.7. The molecule has 0 heterocycles. The summed E-state index contributed by atoms with van der Waals surface area (Å²) in [6, 6.07) is 8.74. The van der Waals surface area contributed by atoms with Gasteiger partial charge in [-0.3, -0.25) is 0 Å². The highest BCUT2D eigenvalue weighted by Crippen LogP contribution is 2.21. The second-order valence-corrected chi connectivity index (χ2v) is 5.53. The van der Waals surface area contributed by atoms with Gasteiger partial charge in [-0.2, -0.15) is 0 Å². The molecule has 0 saturated heterocycles. The van der Waals surface area contributed by atoms with E-state index in [1.165, 1.54) is 22.6 Å². The number of benzene rings is 1. The standard InChI is InChI=1S/C14H23NS/c1-4-8-15-10-13(3)11-16-14-7-5-6-12(2)9-14/h5-7,9,13,15H,4,8,10-11H2,1-3H3. The van der Waals surface area contributed by atoms with E-state index in [0.29, 0.717) is 0 Å². The summed E-state index contributed by atoms with van der Waals surface area (Å²) < 4.78 is 0. The summed E-state index contributed by atoms with van der Waals surface area (Å²) in [6.07, 6.45) is 1.22. The smallest absolute Gasteiger partial charge is 0.00746 e. The van der Waals surface area contributed by atoms with Gasteiger partial charge in [0.05, 0.1) is 0 Å². The Bertz CT molecular complexity index is 299. The van der Waals surface area contributed by atoms with E-state index >= 15 is 0 Å². The lowest BCUT2D eigenvalue weighted by atomic mass is 10.2. The fourth-order valence-corrected chi connectivity index (χ4v) is 2.57. The van der Waals surface area contributed by atoms with Gasteiger partial charge in [-0.25, -0.2) is 0 Å². The molecule has 0 aliphatic heterocycles. The molecule has 0 fully saturated rings. The van der Waals surface area contributed by atoms with E-state index in [2.05, 4.69) is 50.4 Å². The van der Waals surface area contributed by atoms with Crippen LogP contribution in [0.5, 0.6) is 0 Å². The molecular formula is C14H23NS. The summed E-state index contributed by atoms with van der Waals surface area (Å²) in [5.74, 6) is 1.93. The average Bonchev–Trinajstić information content (AvgIpc) is 2.27. The van der Waals surface area contributed by atoms with Gasteiger partial charge in [-0.15, -0.1) is 11.8 Å². The Morgan fingerprint density at radius 3 is 2.88 bits per heavy atom. The molecule has 0 aromatic heterocycles. The Morgan fingerprint density at radius 1 is 1.38 bits per heavy atom. The molecule has 1 atom stereocenters. The minimum Gasteiger partial charge on any atom is -0.316 e. The van der Waals surface area contributed by atoms with E-state index in [1.54, 1.807) is 0 Å². The summed E-state index contributed by atoms with van der Waals surface area (Å²) in [6.45, 7) is 8.94. The van der Waals surface area contributed by atoms with Crippen molar-refractivity contribution in [3.05, 3.63) is 29.8 Å². The first kappa shape index (κ1) is 13.6. The number of rotatable bonds is 7. The molecule has 0 aliphatic rings. The van der Waals surface area contributed by atoms with Crippen molar-refractivity contribution < 1.29 is 0 Å². The Morgan fingerprint density at radius 2 is 2.19 bits per heavy atom. The van der Waals surface area contributed by atoms with E-state index in [-0.39, 0.29) is 0 Å². The molecule has 1 nitrogen and oxygen atoms in total. The maximum Gasteiger partial charge on any atom is 0.00746 e. The predicted octanol–water partition coefficient (Wildman–Crippen LogP) is 3.72. The Kier molecular flexibility index (Phi) is 6.58. The highest BCUT2D eigenvalue weighted by Gasteiger charge is 2.02. The van der Waals surface area contributed by atoms with Gasteiger partial charge >= 0.3 is 0 Å². The van der Waals surface area contributed by atoms with Crippen LogP contribution in [0.2, 0.25) is 0 Å². The zero-order chi connectivity index (χ0) is 11.8. The number of aryl methyl sites for hydroxylation is 1. The maximum absolute atomic E-state index is 3.47. The lowest BCUT2D eigenvalue weighted by molar-refractivity contribution is 0.557. The summed E-state index contributed by atoms with van der Waals surface area (Å²) >= 11 is 1.96. The minimum atomic E-state index is 0.733. The van der Waals surface area contributed by atoms with Crippen molar-refractivity contribution >= 4 is 11.8 Å². The number of nitrogens with one attached hydrogen (secondary N) is 1. The van der Waals surface area contributed by atoms with Crippen molar-refractivity contribution in [3.8, 4) is 0 Å². The van der Waals surface area contributed by atoms with Crippen molar-refractivity contribution in [1.82, 2.24) is 5.32 Å². The van der Waals surface area contributed by atoms with Crippen LogP contribution >= 0.6 is 11.8 Å². The maximum atomic E-state index is 3.47. The highest BCUT2D eigenvalue weighted by atomic mass is 32.2. The van der Waals surface area contributed by atoms with Gasteiger partial charge in [0.2, 0.25) is 0 Å². The van der Waals surface area contributed by atoms with Crippen molar-refractivity contribution in [1.29, 1.82) is 0 Å². The molecular weight excluding hydrogens is 214 g/mol. The molecule has 2 heteroatoms. The SMILES string of the molecule is CCCNCC(C)CSc1cccc(C)c1. The zero-order valence-corrected chi connectivity index (χ0v) is 11.4. The van der Waals surface area contributed by atoms with Crippen molar-refractivity contribution in [2.75, 3.05) is 18.8 Å². The van der Waals surface area contributed by atoms with Crippen LogP contribution in [-0.4, -0.2) is 18.8 Å². The third-order valence-electron chi connectivity index (χ3n) is 2.44. The van der Waals surface area contributed by atoms with Crippen LogP contribution in [0.25, 0.3) is 0 Å². The summed E-state index contributed by atoms with van der Waals surface area (Å²) in [7, 11) is 0. The van der Waals surface area contributed by atoms with Gasteiger partial charge in [0.25, 0.3) is 0 Å². The largest absolute Gasteiger partial charge is 0.316 e. The van der Waals surface area contributed by atoms with Crippen LogP contribution in [0.15, 0.2) is 29.2 Å². The van der Waals surface area contributed by atoms with E-state index in [0.717, 1.165) is 19.0 Å². The molecule has 1 aromatic rings. The summed E-state index contributed by atoms with van der Waals surface area (Å²) in [4.78, 5) is 1.39. The van der Waals surface area contributed by atoms with Crippen molar-refractivity contribution in [3.63, 3.8) is 0 Å². The average molecular weight is 237 g/mol. The second kappa shape index (κ2) is 7.75. The highest BCUT2D eigenvalue weighted by molar-refractivity contribution is 7.99. The summed E-state index contributed by atoms with van der Waals surface area (Å²) in [5.41, 5.74) is 1.35. The predicted molar refractivity (Wildman–Crippen MR) is 74.2 cm³/mol. The van der Waals surface area contributed by atoms with Gasteiger partial charge in [0.15, 0.2) is 0 Å². The van der Waals surface area contributed by atoms with E-state index in [4.69, 9.17) is 0 Å². The van der Waals surface area contributed by atoms with E-state index < -0.39 is 0 Å². The second-order valence-electron chi connectivity index (χ2n) is 4.44. The Balaban J connectivity index is 2.23. The van der Waals surface area contributed by atoms with Crippen LogP contribution in [0.3, 0.4) is 0 Å². The van der Waals surface area contributed by atoms with Crippen LogP contribution in [-0.2, 0) is 0 Å². The Labute approximate surface area is 104 Å². The topological polar surface area (TPSA) is 12.0 Å². The van der Waals surface area contributed by atoms with E-state index in [9.17, 15) is 0 Å². The van der Waals surface area contributed by atoms with Crippen LogP contribution < -0.4 is 5.32 Å². The molecule has 0 saturated carbocycles. The molecule has 1 N–H and O–H groups in total. The van der Waals surface area contributed by atoms with E-state index in [1.807, 2.05) is 11.8 Å². The lowest BCUT2D eigenvalue weighted by Gasteiger charge is -2.11. The molecule has 0 spiro atoms. The zero-order valence-electron chi connectivity index (χ0n) is 10.6. The van der Waals surface area contributed by atoms with Crippen LogP contribution in [0.1, 0.15) is 25.8 Å². The number of hydrogen-bond acceptors (Lipinski definition) is 2. The van der Waals surface area contributed by atoms with Crippen molar-refractivity contribution in [2.24, 2.45) is 5.92 Å². The molecule has 90 valence electrons. The van der Waals surface area contributed by atoms with Crippen molar-refractivity contribution in [2.45, 2.75) is 32.1 Å². The monoisotopic (exact) mass is 237 g/mol. The molecule has 1 unspecified atom stereocenters. The molecule has 0 aliphatic carbocycles. The van der Waals surface area contributed by atoms with Gasteiger partial charge in [-0.05, 0) is 44.5 Å². The van der Waals surface area contributed by atoms with Gasteiger partial charge in [-0.1, -0.05) is 31.5 Å². The van der Waals surface area contributed by atoms with Crippen LogP contribution in [0.4, 0.5) is 0 Å². The fraction of sp³-hybridized carbons (Fsp3) is 0.571. The minimum absolute atomic E-state index is 0.733. The molecule has 1 rings (SSSR count). The number of thioether (sulfide) groups is 1. The summed E-state index contributed by atoms with van der Waals surface area (Å²) in [5, 5.41) is 3.47. The third kappa shape index (κ3) is 5.57. The molecule has 0 amide bonds. The molecule has 0 bridgehead atoms. The first-order valence-electron chi connectivity index (χ1n) is 6.12. The third-order valence-corrected chi connectivity index (χ3v) is 3.77. The lowest BCUT2D eigenvalue weighted by Crippen LogP contribution is -2.23. The van der Waals surface area contributed by atoms with Gasteiger partial charge < -0.3 is 5.32 Å². The molecule has 1 aromatic carbocycles. The van der Waals surface area contributed by atoms with Gasteiger partial charge in [0.1, 0.15) is 0 Å². The van der Waals surface area contributed by atoms with Gasteiger partial charge in [0, 0.05) is 10.6 Å². The fourth-order valence-electron chi connectivity index (χ4n) is 1.53.